The van der Waals surface area contributed by atoms with E-state index in [4.69, 9.17) is 0 Å². The normalized spacial score (nSPS) is 17.1. The maximum atomic E-state index is 12.8. The molecule has 0 aliphatic carbocycles. The van der Waals surface area contributed by atoms with Crippen molar-refractivity contribution in [3.05, 3.63) is 57.8 Å². The van der Waals surface area contributed by atoms with Gasteiger partial charge >= 0.3 is 0 Å². The number of anilines is 1. The first-order chi connectivity index (χ1) is 9.58. The summed E-state index contributed by atoms with van der Waals surface area (Å²) in [4.78, 5) is 19.0. The molecular weight excluding hydrogens is 316 g/mol. The molecule has 0 N–H and O–H groups in total. The lowest BCUT2D eigenvalue weighted by Gasteiger charge is -2.23. The second kappa shape index (κ2) is 5.02. The highest BCUT2D eigenvalue weighted by molar-refractivity contribution is 9.10. The van der Waals surface area contributed by atoms with E-state index >= 15 is 0 Å². The number of halogens is 1. The molecular formula is C16H15BrN2O. The summed E-state index contributed by atoms with van der Waals surface area (Å²) in [6, 6.07) is 12.0. The summed E-state index contributed by atoms with van der Waals surface area (Å²) in [5, 5.41) is 0. The van der Waals surface area contributed by atoms with Crippen molar-refractivity contribution >= 4 is 27.5 Å². The third-order valence-corrected chi connectivity index (χ3v) is 4.25. The van der Waals surface area contributed by atoms with Crippen LogP contribution in [0.5, 0.6) is 0 Å². The highest BCUT2D eigenvalue weighted by Crippen LogP contribution is 2.33. The van der Waals surface area contributed by atoms with Crippen molar-refractivity contribution in [1.29, 1.82) is 0 Å². The second-order valence-electron chi connectivity index (χ2n) is 5.15. The van der Waals surface area contributed by atoms with E-state index in [2.05, 4.69) is 33.9 Å². The number of pyridine rings is 1. The van der Waals surface area contributed by atoms with Gasteiger partial charge in [0.25, 0.3) is 5.91 Å². The van der Waals surface area contributed by atoms with Crippen LogP contribution in [0.25, 0.3) is 0 Å². The fourth-order valence-corrected chi connectivity index (χ4v) is 3.27. The van der Waals surface area contributed by atoms with Gasteiger partial charge in [-0.1, -0.05) is 18.2 Å². The van der Waals surface area contributed by atoms with Gasteiger partial charge in [-0.2, -0.15) is 0 Å². The molecule has 1 aromatic carbocycles. The first-order valence-electron chi connectivity index (χ1n) is 6.62. The fraction of sp³-hybridized carbons (Fsp3) is 0.250. The number of nitrogens with zero attached hydrogens (tertiary/aromatic N) is 2. The van der Waals surface area contributed by atoms with Crippen molar-refractivity contribution < 1.29 is 4.79 Å². The third kappa shape index (κ3) is 2.14. The van der Waals surface area contributed by atoms with Crippen molar-refractivity contribution in [1.82, 2.24) is 4.98 Å². The van der Waals surface area contributed by atoms with E-state index in [1.165, 1.54) is 5.56 Å². The number of aryl methyl sites for hydroxylation is 1. The van der Waals surface area contributed by atoms with Gasteiger partial charge in [-0.15, -0.1) is 0 Å². The average molecular weight is 331 g/mol. The molecule has 2 heterocycles. The number of aromatic nitrogens is 1. The average Bonchev–Trinajstić information content (AvgIpc) is 2.73. The Hall–Kier alpha value is -1.68. The number of amides is 1. The summed E-state index contributed by atoms with van der Waals surface area (Å²) < 4.78 is 0.610. The highest BCUT2D eigenvalue weighted by Gasteiger charge is 2.32. The van der Waals surface area contributed by atoms with Gasteiger partial charge in [-0.05, 0) is 60.0 Å². The standard InChI is InChI=1S/C16H15BrN2O/c1-10-7-8-13(15(17)18-10)16(20)19-11(2)9-12-5-3-4-6-14(12)19/h3-8,11H,9H2,1-2H3/t11-/m0/s1. The first kappa shape index (κ1) is 13.3. The zero-order valence-corrected chi connectivity index (χ0v) is 13.0. The number of benzene rings is 1. The van der Waals surface area contributed by atoms with E-state index in [9.17, 15) is 4.79 Å². The molecule has 3 rings (SSSR count). The molecule has 1 aromatic heterocycles. The number of fused-ring (bicyclic) bond motifs is 1. The number of hydrogen-bond donors (Lipinski definition) is 0. The predicted molar refractivity (Wildman–Crippen MR) is 83.1 cm³/mol. The zero-order valence-electron chi connectivity index (χ0n) is 11.4. The van der Waals surface area contributed by atoms with Crippen molar-refractivity contribution in [2.45, 2.75) is 26.3 Å². The quantitative estimate of drug-likeness (QED) is 0.746. The van der Waals surface area contributed by atoms with Crippen LogP contribution in [0.2, 0.25) is 0 Å². The van der Waals surface area contributed by atoms with Gasteiger partial charge in [0.2, 0.25) is 0 Å². The lowest BCUT2D eigenvalue weighted by molar-refractivity contribution is 0.0980. The monoisotopic (exact) mass is 330 g/mol. The fourth-order valence-electron chi connectivity index (χ4n) is 2.69. The Morgan fingerprint density at radius 3 is 2.80 bits per heavy atom. The molecule has 0 bridgehead atoms. The Balaban J connectivity index is 2.03. The zero-order chi connectivity index (χ0) is 14.3. The Kier molecular flexibility index (Phi) is 3.34. The molecule has 0 saturated carbocycles. The predicted octanol–water partition coefficient (Wildman–Crippen LogP) is 3.74. The van der Waals surface area contributed by atoms with Crippen molar-refractivity contribution in [2.24, 2.45) is 0 Å². The lowest BCUT2D eigenvalue weighted by atomic mass is 10.1. The molecule has 0 unspecified atom stereocenters. The summed E-state index contributed by atoms with van der Waals surface area (Å²) in [6.07, 6.45) is 0.902. The van der Waals surface area contributed by atoms with Gasteiger partial charge in [-0.3, -0.25) is 4.79 Å². The SMILES string of the molecule is Cc1ccc(C(=O)N2c3ccccc3C[C@@H]2C)c(Br)n1. The van der Waals surface area contributed by atoms with Crippen LogP contribution in [0, 0.1) is 6.92 Å². The number of rotatable bonds is 1. The van der Waals surface area contributed by atoms with Gasteiger partial charge in [0.15, 0.2) is 0 Å². The van der Waals surface area contributed by atoms with E-state index in [0.29, 0.717) is 10.2 Å². The molecule has 1 atom stereocenters. The summed E-state index contributed by atoms with van der Waals surface area (Å²) in [7, 11) is 0. The van der Waals surface area contributed by atoms with Gasteiger partial charge in [0, 0.05) is 17.4 Å². The smallest absolute Gasteiger partial charge is 0.261 e. The summed E-state index contributed by atoms with van der Waals surface area (Å²) in [5.41, 5.74) is 3.74. The highest BCUT2D eigenvalue weighted by atomic mass is 79.9. The molecule has 3 nitrogen and oxygen atoms in total. The van der Waals surface area contributed by atoms with Crippen LogP contribution in [0.4, 0.5) is 5.69 Å². The summed E-state index contributed by atoms with van der Waals surface area (Å²) in [5.74, 6) is 0.00169. The van der Waals surface area contributed by atoms with Gasteiger partial charge in [-0.25, -0.2) is 4.98 Å². The molecule has 0 fully saturated rings. The number of carbonyl (C=O) groups is 1. The second-order valence-corrected chi connectivity index (χ2v) is 5.90. The van der Waals surface area contributed by atoms with Crippen LogP contribution in [0.1, 0.15) is 28.5 Å². The number of para-hydroxylation sites is 1. The largest absolute Gasteiger partial charge is 0.305 e. The Morgan fingerprint density at radius 2 is 2.05 bits per heavy atom. The molecule has 1 aliphatic heterocycles. The molecule has 0 spiro atoms. The minimum Gasteiger partial charge on any atom is -0.305 e. The number of carbonyl (C=O) groups excluding carboxylic acids is 1. The maximum absolute atomic E-state index is 12.8. The van der Waals surface area contributed by atoms with E-state index < -0.39 is 0 Å². The van der Waals surface area contributed by atoms with E-state index in [1.807, 2.05) is 42.2 Å². The molecule has 2 aromatic rings. The number of hydrogen-bond acceptors (Lipinski definition) is 2. The lowest BCUT2D eigenvalue weighted by Crippen LogP contribution is -2.36. The topological polar surface area (TPSA) is 33.2 Å². The molecule has 0 radical (unpaired) electrons. The van der Waals surface area contributed by atoms with Crippen LogP contribution in [-0.2, 0) is 6.42 Å². The minimum atomic E-state index is 0.00169. The molecule has 1 aliphatic rings. The van der Waals surface area contributed by atoms with Crippen LogP contribution in [0.3, 0.4) is 0 Å². The van der Waals surface area contributed by atoms with E-state index in [0.717, 1.165) is 17.8 Å². The van der Waals surface area contributed by atoms with Crippen LogP contribution < -0.4 is 4.90 Å². The van der Waals surface area contributed by atoms with Gasteiger partial charge < -0.3 is 4.90 Å². The van der Waals surface area contributed by atoms with Crippen molar-refractivity contribution in [3.8, 4) is 0 Å². The molecule has 20 heavy (non-hydrogen) atoms. The summed E-state index contributed by atoms with van der Waals surface area (Å²) >= 11 is 3.40. The van der Waals surface area contributed by atoms with Crippen LogP contribution in [-0.4, -0.2) is 16.9 Å². The van der Waals surface area contributed by atoms with Gasteiger partial charge in [0.05, 0.1) is 5.56 Å². The molecule has 4 heteroatoms. The maximum Gasteiger partial charge on any atom is 0.261 e. The van der Waals surface area contributed by atoms with Crippen molar-refractivity contribution in [2.75, 3.05) is 4.90 Å². The summed E-state index contributed by atoms with van der Waals surface area (Å²) in [6.45, 7) is 3.99. The molecule has 0 saturated heterocycles. The Morgan fingerprint density at radius 1 is 1.30 bits per heavy atom. The van der Waals surface area contributed by atoms with E-state index in [1.54, 1.807) is 0 Å². The Bertz CT molecular complexity index is 684. The molecule has 1 amide bonds. The van der Waals surface area contributed by atoms with Crippen molar-refractivity contribution in [3.63, 3.8) is 0 Å². The Labute approximate surface area is 126 Å². The van der Waals surface area contributed by atoms with Crippen LogP contribution in [0.15, 0.2) is 41.0 Å². The van der Waals surface area contributed by atoms with Crippen LogP contribution >= 0.6 is 15.9 Å². The van der Waals surface area contributed by atoms with Gasteiger partial charge in [0.1, 0.15) is 4.60 Å². The molecule has 102 valence electrons. The van der Waals surface area contributed by atoms with E-state index in [-0.39, 0.29) is 11.9 Å². The minimum absolute atomic E-state index is 0.00169. The third-order valence-electron chi connectivity index (χ3n) is 3.64. The first-order valence-corrected chi connectivity index (χ1v) is 7.42.